The van der Waals surface area contributed by atoms with Gasteiger partial charge in [0.1, 0.15) is 11.8 Å². The maximum atomic E-state index is 12.7. The molecule has 1 fully saturated rings. The van der Waals surface area contributed by atoms with E-state index in [1.807, 2.05) is 13.0 Å². The maximum absolute atomic E-state index is 12.7. The van der Waals surface area contributed by atoms with Crippen molar-refractivity contribution in [1.29, 1.82) is 0 Å². The van der Waals surface area contributed by atoms with Crippen molar-refractivity contribution in [2.75, 3.05) is 26.8 Å². The van der Waals surface area contributed by atoms with Gasteiger partial charge in [-0.3, -0.25) is 4.90 Å². The van der Waals surface area contributed by atoms with Crippen LogP contribution >= 0.6 is 11.3 Å². The highest BCUT2D eigenvalue weighted by Gasteiger charge is 2.34. The van der Waals surface area contributed by atoms with Crippen LogP contribution in [0.1, 0.15) is 45.4 Å². The van der Waals surface area contributed by atoms with E-state index in [1.165, 1.54) is 17.5 Å². The molecule has 1 aliphatic rings. The number of thiazole rings is 1. The molecule has 7 nitrogen and oxygen atoms in total. The van der Waals surface area contributed by atoms with Crippen LogP contribution in [0.5, 0.6) is 5.88 Å². The molecule has 3 heterocycles. The van der Waals surface area contributed by atoms with Gasteiger partial charge in [-0.05, 0) is 36.3 Å². The molecule has 34 heavy (non-hydrogen) atoms. The molecular weight excluding hydrogens is 464 g/mol. The van der Waals surface area contributed by atoms with Crippen LogP contribution in [-0.4, -0.2) is 66.3 Å². The number of piperidine rings is 1. The molecular formula is C24H37F2N3O4S. The van der Waals surface area contributed by atoms with Gasteiger partial charge in [0.15, 0.2) is 0 Å². The number of aliphatic hydroxyl groups is 1. The van der Waals surface area contributed by atoms with Gasteiger partial charge in [0.05, 0.1) is 11.7 Å². The lowest BCUT2D eigenvalue weighted by Gasteiger charge is -2.43. The molecule has 1 aliphatic heterocycles. The van der Waals surface area contributed by atoms with Crippen LogP contribution in [0.25, 0.3) is 10.6 Å². The van der Waals surface area contributed by atoms with E-state index in [2.05, 4.69) is 47.3 Å². The molecule has 0 spiro atoms. The minimum atomic E-state index is -2.92. The van der Waals surface area contributed by atoms with E-state index in [0.29, 0.717) is 16.5 Å². The van der Waals surface area contributed by atoms with E-state index >= 15 is 0 Å². The number of aliphatic hydroxyl groups excluding tert-OH is 1. The van der Waals surface area contributed by atoms with Crippen molar-refractivity contribution in [2.45, 2.75) is 59.8 Å². The number of hydrogen-bond donors (Lipinski definition) is 1. The predicted octanol–water partition coefficient (Wildman–Crippen LogP) is 4.89. The first-order valence-electron chi connectivity index (χ1n) is 11.2. The number of halogens is 2. The molecule has 192 valence electrons. The average Bonchev–Trinajstić information content (AvgIpc) is 3.28. The second-order valence-electron chi connectivity index (χ2n) is 8.85. The monoisotopic (exact) mass is 501 g/mol. The molecule has 2 aromatic rings. The van der Waals surface area contributed by atoms with Gasteiger partial charge in [0, 0.05) is 50.6 Å². The van der Waals surface area contributed by atoms with Crippen LogP contribution in [0.2, 0.25) is 0 Å². The number of pyridine rings is 1. The number of hydrogen-bond acceptors (Lipinski definition) is 8. The first-order valence-corrected chi connectivity index (χ1v) is 12.0. The van der Waals surface area contributed by atoms with E-state index in [4.69, 9.17) is 14.6 Å². The van der Waals surface area contributed by atoms with Gasteiger partial charge < -0.3 is 19.4 Å². The van der Waals surface area contributed by atoms with E-state index in [0.717, 1.165) is 51.1 Å². The first-order chi connectivity index (χ1) is 16.3. The molecule has 0 saturated carbocycles. The summed E-state index contributed by atoms with van der Waals surface area (Å²) in [5, 5.41) is 7.64. The molecule has 0 radical (unpaired) electrons. The van der Waals surface area contributed by atoms with Gasteiger partial charge in [-0.2, -0.15) is 8.78 Å². The number of likely N-dealkylation sites (tertiary alicyclic amines) is 1. The highest BCUT2D eigenvalue weighted by Crippen LogP contribution is 2.36. The van der Waals surface area contributed by atoms with E-state index < -0.39 is 6.61 Å². The summed E-state index contributed by atoms with van der Waals surface area (Å²) in [6, 6.07) is 3.40. The van der Waals surface area contributed by atoms with Crippen LogP contribution in [0.15, 0.2) is 24.5 Å². The van der Waals surface area contributed by atoms with Crippen molar-refractivity contribution in [1.82, 2.24) is 14.9 Å². The van der Waals surface area contributed by atoms with Crippen LogP contribution < -0.4 is 4.74 Å². The van der Waals surface area contributed by atoms with Gasteiger partial charge in [-0.25, -0.2) is 9.97 Å². The molecule has 0 bridgehead atoms. The van der Waals surface area contributed by atoms with Crippen molar-refractivity contribution in [3.8, 4) is 16.5 Å². The predicted molar refractivity (Wildman–Crippen MR) is 130 cm³/mol. The van der Waals surface area contributed by atoms with Crippen molar-refractivity contribution in [2.24, 2.45) is 11.3 Å². The molecule has 0 amide bonds. The standard InChI is InChI=1S/C22H31F2N3O2S.CH4O.CH2O/c1-5-9-28-16-10-15(22(2,3)4)12-27(13-16)14-17-11-26-20(30-17)18-7-6-8-25-19(18)29-21(23)24;2*1-2/h6-8,11,15-16,21H,5,9-10,12-14H2,1-4H3;2H,1H3;1H2. The van der Waals surface area contributed by atoms with Crippen LogP contribution in [0, 0.1) is 11.3 Å². The van der Waals surface area contributed by atoms with Crippen molar-refractivity contribution in [3.63, 3.8) is 0 Å². The molecule has 2 aromatic heterocycles. The van der Waals surface area contributed by atoms with Crippen LogP contribution in [-0.2, 0) is 16.1 Å². The second kappa shape index (κ2) is 15.1. The smallest absolute Gasteiger partial charge is 0.388 e. The topological polar surface area (TPSA) is 84.8 Å². The number of carbonyl (C=O) groups excluding carboxylic acids is 1. The number of carbonyl (C=O) groups is 1. The Kier molecular flexibility index (Phi) is 13.3. The summed E-state index contributed by atoms with van der Waals surface area (Å²) >= 11 is 1.49. The van der Waals surface area contributed by atoms with Crippen molar-refractivity contribution in [3.05, 3.63) is 29.4 Å². The van der Waals surface area contributed by atoms with Gasteiger partial charge in [-0.1, -0.05) is 27.7 Å². The van der Waals surface area contributed by atoms with Gasteiger partial charge >= 0.3 is 6.61 Å². The number of ether oxygens (including phenoxy) is 2. The highest BCUT2D eigenvalue weighted by molar-refractivity contribution is 7.15. The number of alkyl halides is 2. The number of nitrogens with zero attached hydrogens (tertiary/aromatic N) is 3. The minimum Gasteiger partial charge on any atom is -0.416 e. The molecule has 0 aliphatic carbocycles. The fraction of sp³-hybridized carbons (Fsp3) is 0.625. The summed E-state index contributed by atoms with van der Waals surface area (Å²) in [4.78, 5) is 19.9. The van der Waals surface area contributed by atoms with Gasteiger partial charge in [-0.15, -0.1) is 11.3 Å². The second-order valence-corrected chi connectivity index (χ2v) is 9.97. The quantitative estimate of drug-likeness (QED) is 0.551. The summed E-state index contributed by atoms with van der Waals surface area (Å²) < 4.78 is 36.0. The van der Waals surface area contributed by atoms with E-state index in [9.17, 15) is 8.78 Å². The van der Waals surface area contributed by atoms with Crippen molar-refractivity contribution < 1.29 is 28.2 Å². The van der Waals surface area contributed by atoms with Gasteiger partial charge in [0.25, 0.3) is 0 Å². The lowest BCUT2D eigenvalue weighted by molar-refractivity contribution is -0.0980. The zero-order chi connectivity index (χ0) is 25.7. The average molecular weight is 502 g/mol. The Morgan fingerprint density at radius 3 is 2.59 bits per heavy atom. The maximum Gasteiger partial charge on any atom is 0.388 e. The van der Waals surface area contributed by atoms with Crippen LogP contribution in [0.3, 0.4) is 0 Å². The summed E-state index contributed by atoms with van der Waals surface area (Å²) in [7, 11) is 1.00. The Hall–Kier alpha value is -2.01. The largest absolute Gasteiger partial charge is 0.416 e. The molecule has 1 saturated heterocycles. The molecule has 1 N–H and O–H groups in total. The minimum absolute atomic E-state index is 0.0906. The fourth-order valence-electron chi connectivity index (χ4n) is 3.76. The molecule has 2 unspecified atom stereocenters. The summed E-state index contributed by atoms with van der Waals surface area (Å²) in [5.74, 6) is 0.456. The summed E-state index contributed by atoms with van der Waals surface area (Å²) in [6.45, 7) is 11.5. The molecule has 10 heteroatoms. The third-order valence-electron chi connectivity index (χ3n) is 5.41. The third kappa shape index (κ3) is 9.32. The Morgan fingerprint density at radius 1 is 1.26 bits per heavy atom. The molecule has 2 atom stereocenters. The Bertz CT molecular complexity index is 833. The number of aromatic nitrogens is 2. The Morgan fingerprint density at radius 2 is 1.97 bits per heavy atom. The molecule has 0 aromatic carbocycles. The Labute approximate surface area is 205 Å². The first kappa shape index (κ1) is 30.0. The summed E-state index contributed by atoms with van der Waals surface area (Å²) in [6.07, 6.45) is 5.59. The zero-order valence-corrected chi connectivity index (χ0v) is 21.5. The normalized spacial score (nSPS) is 18.5. The highest BCUT2D eigenvalue weighted by atomic mass is 32.1. The Balaban J connectivity index is 0.00000137. The third-order valence-corrected chi connectivity index (χ3v) is 6.42. The number of rotatable bonds is 8. The fourth-order valence-corrected chi connectivity index (χ4v) is 4.73. The lowest BCUT2D eigenvalue weighted by Crippen LogP contribution is -2.47. The lowest BCUT2D eigenvalue weighted by atomic mass is 9.75. The summed E-state index contributed by atoms with van der Waals surface area (Å²) in [5.41, 5.74) is 0.701. The van der Waals surface area contributed by atoms with E-state index in [1.54, 1.807) is 12.1 Å². The van der Waals surface area contributed by atoms with Crippen molar-refractivity contribution >= 4 is 18.1 Å². The zero-order valence-electron chi connectivity index (χ0n) is 20.7. The van der Waals surface area contributed by atoms with E-state index in [-0.39, 0.29) is 17.4 Å². The SMILES string of the molecule is C=O.CCCOC1CC(C(C)(C)C)CN(Cc2cnc(-c3cccnc3OC(F)F)s2)C1.CO. The van der Waals surface area contributed by atoms with Gasteiger partial charge in [0.2, 0.25) is 5.88 Å². The van der Waals surface area contributed by atoms with Crippen LogP contribution in [0.4, 0.5) is 8.78 Å². The molecule has 3 rings (SSSR count).